The first-order valence-corrected chi connectivity index (χ1v) is 6.62. The average Bonchev–Trinajstić information content (AvgIpc) is 2.93. The summed E-state index contributed by atoms with van der Waals surface area (Å²) in [7, 11) is 0. The lowest BCUT2D eigenvalue weighted by atomic mass is 10.1. The Morgan fingerprint density at radius 1 is 1.20 bits per heavy atom. The standard InChI is InChI=1S/C16H15FN2O/c17-14-4-1-11(2-5-14)10-19-16(20)13-3-6-15-12(9-13)7-8-18-15/h1-6,9,18H,7-8,10H2,(H,19,20). The van der Waals surface area contributed by atoms with Crippen LogP contribution in [0.25, 0.3) is 0 Å². The minimum atomic E-state index is -0.272. The second-order valence-electron chi connectivity index (χ2n) is 4.86. The van der Waals surface area contributed by atoms with Gasteiger partial charge in [-0.15, -0.1) is 0 Å². The first kappa shape index (κ1) is 12.7. The summed E-state index contributed by atoms with van der Waals surface area (Å²) in [4.78, 5) is 12.1. The molecule has 1 amide bonds. The van der Waals surface area contributed by atoms with E-state index in [9.17, 15) is 9.18 Å². The van der Waals surface area contributed by atoms with Crippen LogP contribution in [0.4, 0.5) is 10.1 Å². The van der Waals surface area contributed by atoms with Crippen molar-refractivity contribution in [2.24, 2.45) is 0 Å². The quantitative estimate of drug-likeness (QED) is 0.900. The van der Waals surface area contributed by atoms with Crippen LogP contribution in [0.2, 0.25) is 0 Å². The zero-order valence-electron chi connectivity index (χ0n) is 10.9. The van der Waals surface area contributed by atoms with Gasteiger partial charge in [-0.2, -0.15) is 0 Å². The number of benzene rings is 2. The maximum atomic E-state index is 12.8. The number of hydrogen-bond donors (Lipinski definition) is 2. The van der Waals surface area contributed by atoms with E-state index in [0.29, 0.717) is 12.1 Å². The molecule has 0 aliphatic carbocycles. The molecule has 2 aromatic rings. The predicted octanol–water partition coefficient (Wildman–Crippen LogP) is 2.72. The van der Waals surface area contributed by atoms with Crippen LogP contribution in [0.15, 0.2) is 42.5 Å². The van der Waals surface area contributed by atoms with Crippen molar-refractivity contribution < 1.29 is 9.18 Å². The normalized spacial score (nSPS) is 12.7. The van der Waals surface area contributed by atoms with Crippen molar-refractivity contribution in [1.82, 2.24) is 5.32 Å². The number of rotatable bonds is 3. The number of carbonyl (C=O) groups is 1. The topological polar surface area (TPSA) is 41.1 Å². The van der Waals surface area contributed by atoms with Gasteiger partial charge < -0.3 is 10.6 Å². The fourth-order valence-corrected chi connectivity index (χ4v) is 2.33. The first-order chi connectivity index (χ1) is 9.72. The Hall–Kier alpha value is -2.36. The van der Waals surface area contributed by atoms with Gasteiger partial charge in [0, 0.05) is 24.3 Å². The molecule has 1 aliphatic heterocycles. The molecule has 3 nitrogen and oxygen atoms in total. The number of hydrogen-bond acceptors (Lipinski definition) is 2. The van der Waals surface area contributed by atoms with Crippen molar-refractivity contribution in [2.75, 3.05) is 11.9 Å². The molecular formula is C16H15FN2O. The number of halogens is 1. The molecule has 2 N–H and O–H groups in total. The van der Waals surface area contributed by atoms with Crippen LogP contribution in [-0.2, 0) is 13.0 Å². The number of carbonyl (C=O) groups excluding carboxylic acids is 1. The maximum absolute atomic E-state index is 12.8. The van der Waals surface area contributed by atoms with E-state index in [4.69, 9.17) is 0 Å². The minimum Gasteiger partial charge on any atom is -0.384 e. The summed E-state index contributed by atoms with van der Waals surface area (Å²) in [6.45, 7) is 1.32. The summed E-state index contributed by atoms with van der Waals surface area (Å²) in [5, 5.41) is 6.11. The summed E-state index contributed by atoms with van der Waals surface area (Å²) < 4.78 is 12.8. The van der Waals surface area contributed by atoms with Gasteiger partial charge in [-0.25, -0.2) is 4.39 Å². The molecule has 3 rings (SSSR count). The van der Waals surface area contributed by atoms with E-state index in [2.05, 4.69) is 10.6 Å². The Labute approximate surface area is 116 Å². The van der Waals surface area contributed by atoms with Gasteiger partial charge in [-0.05, 0) is 47.9 Å². The van der Waals surface area contributed by atoms with Crippen LogP contribution in [0.1, 0.15) is 21.5 Å². The van der Waals surface area contributed by atoms with Crippen molar-refractivity contribution in [3.05, 3.63) is 65.0 Å². The van der Waals surface area contributed by atoms with E-state index >= 15 is 0 Å². The molecule has 1 heterocycles. The van der Waals surface area contributed by atoms with Crippen molar-refractivity contribution >= 4 is 11.6 Å². The molecule has 1 aliphatic rings. The number of fused-ring (bicyclic) bond motifs is 1. The van der Waals surface area contributed by atoms with E-state index in [1.54, 1.807) is 12.1 Å². The summed E-state index contributed by atoms with van der Waals surface area (Å²) in [6, 6.07) is 11.8. The van der Waals surface area contributed by atoms with Gasteiger partial charge in [-0.3, -0.25) is 4.79 Å². The smallest absolute Gasteiger partial charge is 0.251 e. The van der Waals surface area contributed by atoms with Gasteiger partial charge in [0.25, 0.3) is 5.91 Å². The van der Waals surface area contributed by atoms with Crippen molar-refractivity contribution in [1.29, 1.82) is 0 Å². The molecule has 0 spiro atoms. The largest absolute Gasteiger partial charge is 0.384 e. The molecule has 0 bridgehead atoms. The van der Waals surface area contributed by atoms with Gasteiger partial charge in [0.05, 0.1) is 0 Å². The lowest BCUT2D eigenvalue weighted by Gasteiger charge is -2.07. The summed E-state index contributed by atoms with van der Waals surface area (Å²) in [6.07, 6.45) is 0.953. The Kier molecular flexibility index (Phi) is 3.37. The van der Waals surface area contributed by atoms with Crippen LogP contribution >= 0.6 is 0 Å². The molecule has 0 radical (unpaired) electrons. The second-order valence-corrected chi connectivity index (χ2v) is 4.86. The molecule has 4 heteroatoms. The van der Waals surface area contributed by atoms with E-state index in [0.717, 1.165) is 24.2 Å². The van der Waals surface area contributed by atoms with Crippen LogP contribution < -0.4 is 10.6 Å². The van der Waals surface area contributed by atoms with E-state index in [-0.39, 0.29) is 11.7 Å². The Morgan fingerprint density at radius 2 is 2.00 bits per heavy atom. The van der Waals surface area contributed by atoms with Crippen molar-refractivity contribution in [3.8, 4) is 0 Å². The van der Waals surface area contributed by atoms with Gasteiger partial charge in [0.15, 0.2) is 0 Å². The third-order valence-corrected chi connectivity index (χ3v) is 3.44. The molecule has 0 unspecified atom stereocenters. The summed E-state index contributed by atoms with van der Waals surface area (Å²) in [5.74, 6) is -0.379. The highest BCUT2D eigenvalue weighted by molar-refractivity contribution is 5.95. The molecule has 0 saturated heterocycles. The Bertz CT molecular complexity index is 637. The van der Waals surface area contributed by atoms with E-state index in [1.165, 1.54) is 17.7 Å². The number of nitrogens with one attached hydrogen (secondary N) is 2. The molecule has 0 fully saturated rings. The lowest BCUT2D eigenvalue weighted by molar-refractivity contribution is 0.0951. The van der Waals surface area contributed by atoms with Gasteiger partial charge in [-0.1, -0.05) is 12.1 Å². The predicted molar refractivity (Wildman–Crippen MR) is 76.2 cm³/mol. The molecule has 0 aromatic heterocycles. The summed E-state index contributed by atoms with van der Waals surface area (Å²) >= 11 is 0. The van der Waals surface area contributed by atoms with E-state index in [1.807, 2.05) is 18.2 Å². The molecule has 0 atom stereocenters. The fraction of sp³-hybridized carbons (Fsp3) is 0.188. The molecule has 2 aromatic carbocycles. The second kappa shape index (κ2) is 5.33. The number of anilines is 1. The van der Waals surface area contributed by atoms with Gasteiger partial charge in [0.2, 0.25) is 0 Å². The Balaban J connectivity index is 1.66. The monoisotopic (exact) mass is 270 g/mol. The maximum Gasteiger partial charge on any atom is 0.251 e. The first-order valence-electron chi connectivity index (χ1n) is 6.62. The van der Waals surface area contributed by atoms with Crippen molar-refractivity contribution in [3.63, 3.8) is 0 Å². The highest BCUT2D eigenvalue weighted by Gasteiger charge is 2.13. The summed E-state index contributed by atoms with van der Waals surface area (Å²) in [5.41, 5.74) is 3.83. The highest BCUT2D eigenvalue weighted by atomic mass is 19.1. The minimum absolute atomic E-state index is 0.107. The molecule has 0 saturated carbocycles. The SMILES string of the molecule is O=C(NCc1ccc(F)cc1)c1ccc2c(c1)CCN2. The lowest BCUT2D eigenvalue weighted by Crippen LogP contribution is -2.22. The van der Waals surface area contributed by atoms with E-state index < -0.39 is 0 Å². The van der Waals surface area contributed by atoms with Crippen LogP contribution in [0.3, 0.4) is 0 Å². The fourth-order valence-electron chi connectivity index (χ4n) is 2.33. The Morgan fingerprint density at radius 3 is 2.80 bits per heavy atom. The molecule has 20 heavy (non-hydrogen) atoms. The molecular weight excluding hydrogens is 255 g/mol. The van der Waals surface area contributed by atoms with Crippen molar-refractivity contribution in [2.45, 2.75) is 13.0 Å². The zero-order valence-corrected chi connectivity index (χ0v) is 10.9. The number of amides is 1. The van der Waals surface area contributed by atoms with Crippen LogP contribution in [0, 0.1) is 5.82 Å². The highest BCUT2D eigenvalue weighted by Crippen LogP contribution is 2.22. The van der Waals surface area contributed by atoms with Gasteiger partial charge >= 0.3 is 0 Å². The van der Waals surface area contributed by atoms with Crippen LogP contribution in [-0.4, -0.2) is 12.5 Å². The van der Waals surface area contributed by atoms with Gasteiger partial charge in [0.1, 0.15) is 5.82 Å². The third kappa shape index (κ3) is 2.64. The average molecular weight is 270 g/mol. The third-order valence-electron chi connectivity index (χ3n) is 3.44. The molecule has 102 valence electrons. The zero-order chi connectivity index (χ0) is 13.9. The van der Waals surface area contributed by atoms with Crippen LogP contribution in [0.5, 0.6) is 0 Å².